The number of nitrogens with one attached hydrogen (secondary N) is 1. The molecule has 1 aliphatic rings. The van der Waals surface area contributed by atoms with Gasteiger partial charge in [0.25, 0.3) is 0 Å². The summed E-state index contributed by atoms with van der Waals surface area (Å²) in [6, 6.07) is 4.40. The topological polar surface area (TPSA) is 28.4 Å². The fourth-order valence-electron chi connectivity index (χ4n) is 2.69. The zero-order valence-corrected chi connectivity index (χ0v) is 11.5. The number of rotatable bonds is 6. The Morgan fingerprint density at radius 2 is 2.06 bits per heavy atom. The molecule has 1 atom stereocenters. The van der Waals surface area contributed by atoms with Gasteiger partial charge >= 0.3 is 0 Å². The minimum absolute atomic E-state index is 0.368. The van der Waals surface area contributed by atoms with Gasteiger partial charge < -0.3 is 14.6 Å². The maximum absolute atomic E-state index is 5.47. The van der Waals surface area contributed by atoms with Crippen LogP contribution in [0, 0.1) is 0 Å². The molecular weight excluding hydrogens is 224 g/mol. The van der Waals surface area contributed by atoms with Gasteiger partial charge in [-0.3, -0.25) is 0 Å². The van der Waals surface area contributed by atoms with Crippen molar-refractivity contribution in [3.8, 4) is 0 Å². The van der Waals surface area contributed by atoms with Crippen molar-refractivity contribution in [1.29, 1.82) is 0 Å². The van der Waals surface area contributed by atoms with E-state index in [2.05, 4.69) is 23.2 Å². The quantitative estimate of drug-likeness (QED) is 0.840. The van der Waals surface area contributed by atoms with Gasteiger partial charge in [-0.15, -0.1) is 0 Å². The molecule has 1 saturated heterocycles. The fourth-order valence-corrected chi connectivity index (χ4v) is 2.69. The van der Waals surface area contributed by atoms with Crippen molar-refractivity contribution in [2.24, 2.45) is 0 Å². The highest BCUT2D eigenvalue weighted by atomic mass is 16.3. The molecule has 1 aromatic rings. The summed E-state index contributed by atoms with van der Waals surface area (Å²) in [6.07, 6.45) is 8.40. The number of hydrogen-bond donors (Lipinski definition) is 1. The molecule has 0 spiro atoms. The first-order valence-corrected chi connectivity index (χ1v) is 7.39. The second-order valence-corrected chi connectivity index (χ2v) is 5.19. The standard InChI is InChI=1S/C15H26N2O/c1-2-14(15-8-7-13-18-15)16-9-12-17-10-5-3-4-6-11-17/h7-8,13-14,16H,2-6,9-12H2,1H3. The molecule has 18 heavy (non-hydrogen) atoms. The van der Waals surface area contributed by atoms with E-state index in [1.165, 1.54) is 38.8 Å². The molecule has 0 aliphatic carbocycles. The van der Waals surface area contributed by atoms with Crippen LogP contribution in [-0.2, 0) is 0 Å². The molecule has 1 unspecified atom stereocenters. The lowest BCUT2D eigenvalue weighted by Gasteiger charge is -2.22. The Bertz CT molecular complexity index is 302. The van der Waals surface area contributed by atoms with E-state index in [1.54, 1.807) is 6.26 Å². The summed E-state index contributed by atoms with van der Waals surface area (Å²) in [5.74, 6) is 1.06. The first-order valence-electron chi connectivity index (χ1n) is 7.39. The van der Waals surface area contributed by atoms with E-state index in [-0.39, 0.29) is 0 Å². The molecule has 2 heterocycles. The van der Waals surface area contributed by atoms with E-state index >= 15 is 0 Å². The Morgan fingerprint density at radius 1 is 1.28 bits per heavy atom. The molecule has 0 aromatic carbocycles. The van der Waals surface area contributed by atoms with Crippen LogP contribution in [0.3, 0.4) is 0 Å². The summed E-state index contributed by atoms with van der Waals surface area (Å²) in [7, 11) is 0. The molecule has 3 nitrogen and oxygen atoms in total. The fraction of sp³-hybridized carbons (Fsp3) is 0.733. The predicted octanol–water partition coefficient (Wildman–Crippen LogP) is 3.20. The Balaban J connectivity index is 1.70. The van der Waals surface area contributed by atoms with Crippen molar-refractivity contribution in [2.75, 3.05) is 26.2 Å². The van der Waals surface area contributed by atoms with Crippen LogP contribution in [0.25, 0.3) is 0 Å². The Morgan fingerprint density at radius 3 is 2.67 bits per heavy atom. The molecular formula is C15H26N2O. The second kappa shape index (κ2) is 7.59. The molecule has 2 rings (SSSR count). The lowest BCUT2D eigenvalue weighted by molar-refractivity contribution is 0.274. The highest BCUT2D eigenvalue weighted by Crippen LogP contribution is 2.16. The highest BCUT2D eigenvalue weighted by Gasteiger charge is 2.12. The summed E-state index contributed by atoms with van der Waals surface area (Å²) in [4.78, 5) is 2.59. The van der Waals surface area contributed by atoms with Crippen LogP contribution in [0.1, 0.15) is 50.8 Å². The normalized spacial score (nSPS) is 19.6. The lowest BCUT2D eigenvalue weighted by atomic mass is 10.2. The van der Waals surface area contributed by atoms with Gasteiger partial charge in [0, 0.05) is 13.1 Å². The van der Waals surface area contributed by atoms with E-state index in [1.807, 2.05) is 6.07 Å². The van der Waals surface area contributed by atoms with Gasteiger partial charge in [-0.05, 0) is 44.5 Å². The average Bonchev–Trinajstić information content (AvgIpc) is 2.79. The minimum atomic E-state index is 0.368. The number of furan rings is 1. The molecule has 0 radical (unpaired) electrons. The molecule has 0 amide bonds. The number of hydrogen-bond acceptors (Lipinski definition) is 3. The summed E-state index contributed by atoms with van der Waals surface area (Å²) in [5, 5.41) is 3.60. The van der Waals surface area contributed by atoms with Gasteiger partial charge in [0.15, 0.2) is 0 Å². The Labute approximate surface area is 111 Å². The van der Waals surface area contributed by atoms with Crippen molar-refractivity contribution in [3.05, 3.63) is 24.2 Å². The largest absolute Gasteiger partial charge is 0.468 e. The van der Waals surface area contributed by atoms with Gasteiger partial charge in [0.1, 0.15) is 5.76 Å². The first-order chi connectivity index (χ1) is 8.90. The molecule has 1 aromatic heterocycles. The van der Waals surface area contributed by atoms with Crippen LogP contribution in [-0.4, -0.2) is 31.1 Å². The maximum atomic E-state index is 5.47. The van der Waals surface area contributed by atoms with Crippen molar-refractivity contribution in [1.82, 2.24) is 10.2 Å². The third-order valence-electron chi connectivity index (χ3n) is 3.81. The number of nitrogens with zero attached hydrogens (tertiary/aromatic N) is 1. The lowest BCUT2D eigenvalue weighted by Crippen LogP contribution is -2.34. The third-order valence-corrected chi connectivity index (χ3v) is 3.81. The van der Waals surface area contributed by atoms with E-state index in [0.29, 0.717) is 6.04 Å². The smallest absolute Gasteiger partial charge is 0.120 e. The van der Waals surface area contributed by atoms with Gasteiger partial charge in [0.05, 0.1) is 12.3 Å². The van der Waals surface area contributed by atoms with Crippen LogP contribution < -0.4 is 5.32 Å². The van der Waals surface area contributed by atoms with E-state index in [0.717, 1.165) is 25.3 Å². The molecule has 0 bridgehead atoms. The highest BCUT2D eigenvalue weighted by molar-refractivity contribution is 5.03. The Kier molecular flexibility index (Phi) is 5.75. The summed E-state index contributed by atoms with van der Waals surface area (Å²) >= 11 is 0. The molecule has 1 aliphatic heterocycles. The SMILES string of the molecule is CCC(NCCN1CCCCCC1)c1ccco1. The molecule has 1 fully saturated rings. The summed E-state index contributed by atoms with van der Waals surface area (Å²) < 4.78 is 5.47. The van der Waals surface area contributed by atoms with Gasteiger partial charge in [-0.2, -0.15) is 0 Å². The average molecular weight is 250 g/mol. The van der Waals surface area contributed by atoms with Crippen LogP contribution in [0.5, 0.6) is 0 Å². The van der Waals surface area contributed by atoms with Crippen molar-refractivity contribution in [2.45, 2.75) is 45.1 Å². The predicted molar refractivity (Wildman–Crippen MR) is 74.7 cm³/mol. The van der Waals surface area contributed by atoms with E-state index < -0.39 is 0 Å². The van der Waals surface area contributed by atoms with Crippen LogP contribution in [0.15, 0.2) is 22.8 Å². The van der Waals surface area contributed by atoms with E-state index in [9.17, 15) is 0 Å². The van der Waals surface area contributed by atoms with Crippen molar-refractivity contribution in [3.63, 3.8) is 0 Å². The monoisotopic (exact) mass is 250 g/mol. The molecule has 3 heteroatoms. The van der Waals surface area contributed by atoms with Gasteiger partial charge in [0.2, 0.25) is 0 Å². The Hall–Kier alpha value is -0.800. The number of likely N-dealkylation sites (tertiary alicyclic amines) is 1. The van der Waals surface area contributed by atoms with Gasteiger partial charge in [-0.1, -0.05) is 19.8 Å². The molecule has 0 saturated carbocycles. The third kappa shape index (κ3) is 4.14. The second-order valence-electron chi connectivity index (χ2n) is 5.19. The van der Waals surface area contributed by atoms with Crippen LogP contribution in [0.2, 0.25) is 0 Å². The van der Waals surface area contributed by atoms with E-state index in [4.69, 9.17) is 4.42 Å². The van der Waals surface area contributed by atoms with Crippen LogP contribution >= 0.6 is 0 Å². The van der Waals surface area contributed by atoms with Crippen LogP contribution in [0.4, 0.5) is 0 Å². The zero-order chi connectivity index (χ0) is 12.6. The van der Waals surface area contributed by atoms with Crippen molar-refractivity contribution < 1.29 is 4.42 Å². The molecule has 102 valence electrons. The minimum Gasteiger partial charge on any atom is -0.468 e. The zero-order valence-electron chi connectivity index (χ0n) is 11.5. The molecule has 1 N–H and O–H groups in total. The van der Waals surface area contributed by atoms with Crippen molar-refractivity contribution >= 4 is 0 Å². The summed E-state index contributed by atoms with van der Waals surface area (Å²) in [6.45, 7) is 6.97. The first kappa shape index (κ1) is 13.6. The maximum Gasteiger partial charge on any atom is 0.120 e. The van der Waals surface area contributed by atoms with Gasteiger partial charge in [-0.25, -0.2) is 0 Å². The summed E-state index contributed by atoms with van der Waals surface area (Å²) in [5.41, 5.74) is 0.